The number of fused-ring (bicyclic) bond motifs is 1. The average molecular weight is 187 g/mol. The first kappa shape index (κ1) is 9.13. The second-order valence-electron chi connectivity index (χ2n) is 3.93. The van der Waals surface area contributed by atoms with E-state index in [1.165, 1.54) is 16.5 Å². The molecule has 14 heavy (non-hydrogen) atoms. The van der Waals surface area contributed by atoms with Crippen LogP contribution in [0.4, 0.5) is 0 Å². The van der Waals surface area contributed by atoms with E-state index in [1.54, 1.807) is 0 Å². The lowest BCUT2D eigenvalue weighted by Crippen LogP contribution is -2.33. The Hall–Kier alpha value is -1.44. The van der Waals surface area contributed by atoms with Gasteiger partial charge < -0.3 is 0 Å². The van der Waals surface area contributed by atoms with E-state index in [0.29, 0.717) is 5.92 Å². The quantitative estimate of drug-likeness (QED) is 0.625. The molecule has 2 nitrogen and oxygen atoms in total. The molecule has 0 radical (unpaired) electrons. The normalized spacial score (nSPS) is 11.1. The number of hydrogen-bond donors (Lipinski definition) is 0. The number of nitrogens with zero attached hydrogens (tertiary/aromatic N) is 2. The summed E-state index contributed by atoms with van der Waals surface area (Å²) in [6.45, 7) is 4.42. The Morgan fingerprint density at radius 2 is 2.07 bits per heavy atom. The van der Waals surface area contributed by atoms with Crippen molar-refractivity contribution in [1.29, 1.82) is 0 Å². The van der Waals surface area contributed by atoms with Gasteiger partial charge >= 0.3 is 0 Å². The van der Waals surface area contributed by atoms with Crippen LogP contribution in [0.1, 0.15) is 25.5 Å². The van der Waals surface area contributed by atoms with Crippen LogP contribution < -0.4 is 4.57 Å². The maximum Gasteiger partial charge on any atom is 0.193 e. The number of aryl methyl sites for hydroxylation is 1. The van der Waals surface area contributed by atoms with Crippen molar-refractivity contribution >= 4 is 10.8 Å². The molecule has 2 rings (SSSR count). The standard InChI is InChI=1S/C12H15N2/c1-9(2)12-11-8-13-6-4-10(11)5-7-14(12)3/h4-9H,1-3H3/q+1. The molecular formula is C12H15N2+. The molecule has 0 fully saturated rings. The Morgan fingerprint density at radius 1 is 1.29 bits per heavy atom. The van der Waals surface area contributed by atoms with Crippen molar-refractivity contribution in [2.75, 3.05) is 0 Å². The Kier molecular flexibility index (Phi) is 2.20. The summed E-state index contributed by atoms with van der Waals surface area (Å²) < 4.78 is 2.18. The molecule has 0 aliphatic heterocycles. The van der Waals surface area contributed by atoms with Crippen molar-refractivity contribution in [3.05, 3.63) is 36.4 Å². The first-order valence-corrected chi connectivity index (χ1v) is 4.92. The molecule has 0 saturated carbocycles. The summed E-state index contributed by atoms with van der Waals surface area (Å²) in [4.78, 5) is 4.18. The summed E-state index contributed by atoms with van der Waals surface area (Å²) in [7, 11) is 2.09. The van der Waals surface area contributed by atoms with Crippen LogP contribution in [0.25, 0.3) is 10.8 Å². The smallest absolute Gasteiger partial charge is 0.193 e. The van der Waals surface area contributed by atoms with Gasteiger partial charge in [-0.15, -0.1) is 0 Å². The van der Waals surface area contributed by atoms with Gasteiger partial charge in [0.25, 0.3) is 0 Å². The first-order valence-electron chi connectivity index (χ1n) is 4.92. The van der Waals surface area contributed by atoms with Gasteiger partial charge in [0, 0.05) is 24.4 Å². The minimum absolute atomic E-state index is 0.521. The minimum Gasteiger partial charge on any atom is -0.264 e. The lowest BCUT2D eigenvalue weighted by Gasteiger charge is -2.06. The third-order valence-electron chi connectivity index (χ3n) is 2.54. The molecule has 0 aliphatic carbocycles. The van der Waals surface area contributed by atoms with Gasteiger partial charge in [-0.05, 0) is 11.5 Å². The average Bonchev–Trinajstić information content (AvgIpc) is 2.17. The second kappa shape index (κ2) is 3.37. The van der Waals surface area contributed by atoms with Crippen molar-refractivity contribution in [1.82, 2.24) is 4.98 Å². The maximum atomic E-state index is 4.18. The van der Waals surface area contributed by atoms with Gasteiger partial charge in [0.2, 0.25) is 0 Å². The Labute approximate surface area is 84.2 Å². The van der Waals surface area contributed by atoms with Gasteiger partial charge in [0.1, 0.15) is 7.05 Å². The van der Waals surface area contributed by atoms with E-state index in [2.05, 4.69) is 48.8 Å². The minimum atomic E-state index is 0.521. The third kappa shape index (κ3) is 1.37. The van der Waals surface area contributed by atoms with Crippen LogP contribution in [-0.2, 0) is 7.05 Å². The SMILES string of the molecule is CC(C)c1c2cnccc2cc[n+]1C. The van der Waals surface area contributed by atoms with Gasteiger partial charge in [0.05, 0.1) is 5.39 Å². The van der Waals surface area contributed by atoms with Crippen LogP contribution in [0.2, 0.25) is 0 Å². The zero-order chi connectivity index (χ0) is 10.1. The molecule has 0 bridgehead atoms. The van der Waals surface area contributed by atoms with E-state index in [-0.39, 0.29) is 0 Å². The van der Waals surface area contributed by atoms with Crippen LogP contribution in [-0.4, -0.2) is 4.98 Å². The van der Waals surface area contributed by atoms with Gasteiger partial charge in [-0.25, -0.2) is 4.57 Å². The lowest BCUT2D eigenvalue weighted by atomic mass is 10.0. The molecule has 2 aromatic rings. The number of pyridine rings is 2. The molecule has 0 unspecified atom stereocenters. The highest BCUT2D eigenvalue weighted by atomic mass is 14.9. The van der Waals surface area contributed by atoms with E-state index in [0.717, 1.165) is 0 Å². The Balaban J connectivity index is 2.83. The molecule has 0 aliphatic rings. The van der Waals surface area contributed by atoms with E-state index < -0.39 is 0 Å². The molecule has 0 spiro atoms. The number of rotatable bonds is 1. The molecule has 0 amide bonds. The van der Waals surface area contributed by atoms with Crippen molar-refractivity contribution < 1.29 is 4.57 Å². The van der Waals surface area contributed by atoms with Crippen LogP contribution in [0.3, 0.4) is 0 Å². The molecular weight excluding hydrogens is 172 g/mol. The predicted octanol–water partition coefficient (Wildman–Crippen LogP) is 2.18. The molecule has 0 aromatic carbocycles. The Bertz CT molecular complexity index is 461. The van der Waals surface area contributed by atoms with E-state index in [1.807, 2.05) is 12.4 Å². The van der Waals surface area contributed by atoms with Crippen LogP contribution in [0, 0.1) is 0 Å². The molecule has 0 atom stereocenters. The van der Waals surface area contributed by atoms with Gasteiger partial charge in [0.15, 0.2) is 11.9 Å². The highest BCUT2D eigenvalue weighted by Crippen LogP contribution is 2.20. The largest absolute Gasteiger partial charge is 0.264 e. The fourth-order valence-electron chi connectivity index (χ4n) is 1.95. The maximum absolute atomic E-state index is 4.18. The van der Waals surface area contributed by atoms with E-state index in [4.69, 9.17) is 0 Å². The lowest BCUT2D eigenvalue weighted by molar-refractivity contribution is -0.678. The van der Waals surface area contributed by atoms with Crippen LogP contribution in [0.5, 0.6) is 0 Å². The topological polar surface area (TPSA) is 16.8 Å². The van der Waals surface area contributed by atoms with Crippen LogP contribution >= 0.6 is 0 Å². The molecule has 0 N–H and O–H groups in total. The summed E-state index contributed by atoms with van der Waals surface area (Å²) in [6, 6.07) is 4.18. The Morgan fingerprint density at radius 3 is 2.79 bits per heavy atom. The zero-order valence-corrected chi connectivity index (χ0v) is 8.86. The highest BCUT2D eigenvalue weighted by molar-refractivity contribution is 5.82. The van der Waals surface area contributed by atoms with Gasteiger partial charge in [-0.2, -0.15) is 0 Å². The van der Waals surface area contributed by atoms with Crippen LogP contribution in [0.15, 0.2) is 30.7 Å². The fraction of sp³-hybridized carbons (Fsp3) is 0.333. The van der Waals surface area contributed by atoms with Crippen molar-refractivity contribution in [3.63, 3.8) is 0 Å². The van der Waals surface area contributed by atoms with Crippen molar-refractivity contribution in [3.8, 4) is 0 Å². The summed E-state index contributed by atoms with van der Waals surface area (Å²) in [5.41, 5.74) is 1.34. The zero-order valence-electron chi connectivity index (χ0n) is 8.86. The molecule has 2 heterocycles. The van der Waals surface area contributed by atoms with Crippen molar-refractivity contribution in [2.24, 2.45) is 7.05 Å². The summed E-state index contributed by atoms with van der Waals surface area (Å²) in [5.74, 6) is 0.521. The van der Waals surface area contributed by atoms with Gasteiger partial charge in [-0.1, -0.05) is 13.8 Å². The predicted molar refractivity (Wildman–Crippen MR) is 57.0 cm³/mol. The number of hydrogen-bond acceptors (Lipinski definition) is 1. The molecule has 0 saturated heterocycles. The molecule has 2 aromatic heterocycles. The number of aromatic nitrogens is 2. The first-order chi connectivity index (χ1) is 6.70. The molecule has 72 valence electrons. The van der Waals surface area contributed by atoms with E-state index in [9.17, 15) is 0 Å². The van der Waals surface area contributed by atoms with Crippen molar-refractivity contribution in [2.45, 2.75) is 19.8 Å². The third-order valence-corrected chi connectivity index (χ3v) is 2.54. The summed E-state index contributed by atoms with van der Waals surface area (Å²) in [5, 5.41) is 2.52. The molecule has 2 heteroatoms. The fourth-order valence-corrected chi connectivity index (χ4v) is 1.95. The van der Waals surface area contributed by atoms with Gasteiger partial charge in [-0.3, -0.25) is 4.98 Å². The monoisotopic (exact) mass is 187 g/mol. The summed E-state index contributed by atoms with van der Waals surface area (Å²) >= 11 is 0. The summed E-state index contributed by atoms with van der Waals surface area (Å²) in [6.07, 6.45) is 5.90. The second-order valence-corrected chi connectivity index (χ2v) is 3.93. The highest BCUT2D eigenvalue weighted by Gasteiger charge is 2.15. The van der Waals surface area contributed by atoms with E-state index >= 15 is 0 Å².